The number of hydrogen-bond acceptors (Lipinski definition) is 5. The normalized spacial score (nSPS) is 14.9. The van der Waals surface area contributed by atoms with Crippen LogP contribution >= 0.6 is 0 Å². The number of benzene rings is 2. The molecule has 1 aliphatic heterocycles. The standard InChI is InChI=1S/C27H27FN4O2/c1-19(17-24-3-2-16-34-24)30-27(33)21-5-4-20-10-11-29-26(25(20)18-21)32-14-12-31(13-15-32)23-8-6-22(28)7-9-23/h2-11,16,18-19H,12-15,17H2,1H3,(H,30,33)/t19-/m0/s1. The van der Waals surface area contributed by atoms with Crippen molar-refractivity contribution in [1.29, 1.82) is 0 Å². The number of piperazine rings is 1. The first-order chi connectivity index (χ1) is 16.6. The van der Waals surface area contributed by atoms with Crippen LogP contribution in [0.2, 0.25) is 0 Å². The van der Waals surface area contributed by atoms with Crippen molar-refractivity contribution in [1.82, 2.24) is 10.3 Å². The van der Waals surface area contributed by atoms with E-state index in [9.17, 15) is 9.18 Å². The van der Waals surface area contributed by atoms with Gasteiger partial charge in [0.25, 0.3) is 5.91 Å². The van der Waals surface area contributed by atoms with Crippen molar-refractivity contribution >= 4 is 28.2 Å². The molecule has 7 heteroatoms. The van der Waals surface area contributed by atoms with Crippen LogP contribution in [-0.4, -0.2) is 43.1 Å². The van der Waals surface area contributed by atoms with Gasteiger partial charge in [-0.1, -0.05) is 6.07 Å². The summed E-state index contributed by atoms with van der Waals surface area (Å²) in [5.74, 6) is 1.39. The van der Waals surface area contributed by atoms with Gasteiger partial charge in [-0.15, -0.1) is 0 Å². The Morgan fingerprint density at radius 3 is 2.56 bits per heavy atom. The van der Waals surface area contributed by atoms with Crippen molar-refractivity contribution < 1.29 is 13.6 Å². The van der Waals surface area contributed by atoms with E-state index in [0.717, 1.165) is 54.2 Å². The quantitative estimate of drug-likeness (QED) is 0.456. The molecular formula is C27H27FN4O2. The molecule has 1 saturated heterocycles. The number of nitrogens with one attached hydrogen (secondary N) is 1. The van der Waals surface area contributed by atoms with Gasteiger partial charge >= 0.3 is 0 Å². The summed E-state index contributed by atoms with van der Waals surface area (Å²) >= 11 is 0. The summed E-state index contributed by atoms with van der Waals surface area (Å²) in [7, 11) is 0. The molecule has 0 bridgehead atoms. The second kappa shape index (κ2) is 9.55. The van der Waals surface area contributed by atoms with Crippen molar-refractivity contribution in [2.45, 2.75) is 19.4 Å². The fourth-order valence-electron chi connectivity index (χ4n) is 4.46. The molecule has 5 rings (SSSR count). The van der Waals surface area contributed by atoms with Crippen LogP contribution in [0.5, 0.6) is 0 Å². The van der Waals surface area contributed by atoms with E-state index in [2.05, 4.69) is 20.1 Å². The number of aromatic nitrogens is 1. The first-order valence-corrected chi connectivity index (χ1v) is 11.5. The number of anilines is 2. The van der Waals surface area contributed by atoms with Gasteiger partial charge in [0.1, 0.15) is 17.4 Å². The summed E-state index contributed by atoms with van der Waals surface area (Å²) < 4.78 is 18.6. The van der Waals surface area contributed by atoms with Crippen LogP contribution < -0.4 is 15.1 Å². The molecule has 4 aromatic rings. The number of hydrogen-bond donors (Lipinski definition) is 1. The minimum absolute atomic E-state index is 0.0535. The molecular weight excluding hydrogens is 431 g/mol. The third-order valence-corrected chi connectivity index (χ3v) is 6.24. The second-order valence-electron chi connectivity index (χ2n) is 8.68. The number of furan rings is 1. The summed E-state index contributed by atoms with van der Waals surface area (Å²) in [4.78, 5) is 22.1. The van der Waals surface area contributed by atoms with E-state index in [4.69, 9.17) is 4.42 Å². The molecule has 0 unspecified atom stereocenters. The molecule has 0 aliphatic carbocycles. The average molecular weight is 459 g/mol. The maximum absolute atomic E-state index is 13.3. The molecule has 1 N–H and O–H groups in total. The minimum Gasteiger partial charge on any atom is -0.469 e. The number of amides is 1. The summed E-state index contributed by atoms with van der Waals surface area (Å²) in [6.07, 6.45) is 4.09. The van der Waals surface area contributed by atoms with Crippen LogP contribution in [0.1, 0.15) is 23.0 Å². The first-order valence-electron chi connectivity index (χ1n) is 11.5. The van der Waals surface area contributed by atoms with Gasteiger partial charge in [0.2, 0.25) is 0 Å². The first kappa shape index (κ1) is 21.9. The molecule has 6 nitrogen and oxygen atoms in total. The maximum atomic E-state index is 13.3. The third-order valence-electron chi connectivity index (χ3n) is 6.24. The molecule has 174 valence electrons. The molecule has 34 heavy (non-hydrogen) atoms. The molecule has 1 amide bonds. The predicted molar refractivity (Wildman–Crippen MR) is 132 cm³/mol. The topological polar surface area (TPSA) is 61.6 Å². The van der Waals surface area contributed by atoms with Gasteiger partial charge in [0.15, 0.2) is 0 Å². The van der Waals surface area contributed by atoms with Gasteiger partial charge in [-0.25, -0.2) is 9.37 Å². The van der Waals surface area contributed by atoms with Crippen molar-refractivity contribution in [3.63, 3.8) is 0 Å². The molecule has 0 spiro atoms. The molecule has 2 aromatic heterocycles. The molecule has 2 aromatic carbocycles. The molecule has 1 fully saturated rings. The number of rotatable bonds is 6. The van der Waals surface area contributed by atoms with Gasteiger partial charge in [-0.3, -0.25) is 4.79 Å². The van der Waals surface area contributed by atoms with Gasteiger partial charge in [-0.05, 0) is 66.9 Å². The Morgan fingerprint density at radius 1 is 1.06 bits per heavy atom. The highest BCUT2D eigenvalue weighted by Gasteiger charge is 2.21. The van der Waals surface area contributed by atoms with Crippen molar-refractivity contribution in [2.24, 2.45) is 0 Å². The number of carbonyl (C=O) groups excluding carboxylic acids is 1. The van der Waals surface area contributed by atoms with Gasteiger partial charge in [0, 0.05) is 61.5 Å². The van der Waals surface area contributed by atoms with Gasteiger partial charge < -0.3 is 19.5 Å². The van der Waals surface area contributed by atoms with Crippen LogP contribution in [0.3, 0.4) is 0 Å². The van der Waals surface area contributed by atoms with Crippen LogP contribution in [-0.2, 0) is 6.42 Å². The van der Waals surface area contributed by atoms with E-state index in [1.807, 2.05) is 61.7 Å². The number of fused-ring (bicyclic) bond motifs is 1. The highest BCUT2D eigenvalue weighted by molar-refractivity contribution is 6.01. The van der Waals surface area contributed by atoms with E-state index < -0.39 is 0 Å². The largest absolute Gasteiger partial charge is 0.469 e. The highest BCUT2D eigenvalue weighted by atomic mass is 19.1. The van der Waals surface area contributed by atoms with E-state index in [-0.39, 0.29) is 17.8 Å². The summed E-state index contributed by atoms with van der Waals surface area (Å²) in [6, 6.07) is 18.1. The minimum atomic E-state index is -0.224. The zero-order valence-corrected chi connectivity index (χ0v) is 19.1. The average Bonchev–Trinajstić information content (AvgIpc) is 3.37. The Kier molecular flexibility index (Phi) is 6.16. The summed E-state index contributed by atoms with van der Waals surface area (Å²) in [5.41, 5.74) is 1.63. The predicted octanol–water partition coefficient (Wildman–Crippen LogP) is 4.65. The van der Waals surface area contributed by atoms with Crippen molar-refractivity contribution in [3.05, 3.63) is 90.3 Å². The number of halogens is 1. The lowest BCUT2D eigenvalue weighted by molar-refractivity contribution is 0.0939. The van der Waals surface area contributed by atoms with Crippen LogP contribution in [0.25, 0.3) is 10.8 Å². The zero-order chi connectivity index (χ0) is 23.5. The molecule has 1 atom stereocenters. The second-order valence-corrected chi connectivity index (χ2v) is 8.68. The molecule has 0 radical (unpaired) electrons. The summed E-state index contributed by atoms with van der Waals surface area (Å²) in [5, 5.41) is 5.07. The van der Waals surface area contributed by atoms with Crippen molar-refractivity contribution in [3.8, 4) is 0 Å². The Morgan fingerprint density at radius 2 is 1.82 bits per heavy atom. The molecule has 3 heterocycles. The fourth-order valence-corrected chi connectivity index (χ4v) is 4.46. The lowest BCUT2D eigenvalue weighted by Gasteiger charge is -2.37. The Labute approximate surface area is 198 Å². The monoisotopic (exact) mass is 458 g/mol. The Bertz CT molecular complexity index is 1270. The molecule has 1 aliphatic rings. The Balaban J connectivity index is 1.31. The van der Waals surface area contributed by atoms with E-state index in [1.165, 1.54) is 12.1 Å². The van der Waals surface area contributed by atoms with E-state index in [0.29, 0.717) is 12.0 Å². The number of pyridine rings is 1. The smallest absolute Gasteiger partial charge is 0.251 e. The van der Waals surface area contributed by atoms with Gasteiger partial charge in [0.05, 0.1) is 6.26 Å². The number of carbonyl (C=O) groups is 1. The highest BCUT2D eigenvalue weighted by Crippen LogP contribution is 2.27. The van der Waals surface area contributed by atoms with E-state index in [1.54, 1.807) is 6.26 Å². The third kappa shape index (κ3) is 4.73. The number of nitrogens with zero attached hydrogens (tertiary/aromatic N) is 3. The van der Waals surface area contributed by atoms with Crippen molar-refractivity contribution in [2.75, 3.05) is 36.0 Å². The zero-order valence-electron chi connectivity index (χ0n) is 19.1. The van der Waals surface area contributed by atoms with Crippen LogP contribution in [0.4, 0.5) is 15.9 Å². The SMILES string of the molecule is C[C@@H](Cc1ccco1)NC(=O)c1ccc2ccnc(N3CCN(c4ccc(F)cc4)CC3)c2c1. The molecule has 0 saturated carbocycles. The lowest BCUT2D eigenvalue weighted by atomic mass is 10.1. The van der Waals surface area contributed by atoms with Gasteiger partial charge in [-0.2, -0.15) is 0 Å². The maximum Gasteiger partial charge on any atom is 0.251 e. The Hall–Kier alpha value is -3.87. The lowest BCUT2D eigenvalue weighted by Crippen LogP contribution is -2.46. The summed E-state index contributed by atoms with van der Waals surface area (Å²) in [6.45, 7) is 5.18. The van der Waals surface area contributed by atoms with Crippen LogP contribution in [0.15, 0.2) is 77.5 Å². The van der Waals surface area contributed by atoms with Crippen LogP contribution in [0, 0.1) is 5.82 Å². The fraction of sp³-hybridized carbons (Fsp3) is 0.259. The van der Waals surface area contributed by atoms with E-state index >= 15 is 0 Å².